The second kappa shape index (κ2) is 5.02. The van der Waals surface area contributed by atoms with Gasteiger partial charge in [-0.3, -0.25) is 0 Å². The Balaban J connectivity index is 2.53. The Kier molecular flexibility index (Phi) is 3.64. The zero-order valence-corrected chi connectivity index (χ0v) is 11.5. The number of aliphatic hydroxyl groups is 1. The molecule has 1 aromatic carbocycles. The van der Waals surface area contributed by atoms with Gasteiger partial charge in [-0.25, -0.2) is 4.68 Å². The lowest BCUT2D eigenvalue weighted by Crippen LogP contribution is -2.03. The quantitative estimate of drug-likeness (QED) is 0.944. The molecule has 0 saturated heterocycles. The van der Waals surface area contributed by atoms with Gasteiger partial charge < -0.3 is 5.11 Å². The van der Waals surface area contributed by atoms with Gasteiger partial charge in [0.05, 0.1) is 18.0 Å². The fraction of sp³-hybridized carbons (Fsp3) is 0.308. The zero-order valence-electron chi connectivity index (χ0n) is 9.89. The van der Waals surface area contributed by atoms with Crippen molar-refractivity contribution in [3.63, 3.8) is 0 Å². The Morgan fingerprint density at radius 2 is 2.12 bits per heavy atom. The molecule has 3 nitrogen and oxygen atoms in total. The maximum Gasteiger partial charge on any atom is 0.0886 e. The van der Waals surface area contributed by atoms with Gasteiger partial charge >= 0.3 is 0 Å². The van der Waals surface area contributed by atoms with E-state index >= 15 is 0 Å². The molecule has 0 aliphatic carbocycles. The molecule has 1 heterocycles. The molecule has 0 unspecified atom stereocenters. The van der Waals surface area contributed by atoms with Crippen LogP contribution in [0.25, 0.3) is 5.69 Å². The number of aromatic nitrogens is 2. The van der Waals surface area contributed by atoms with E-state index < -0.39 is 0 Å². The average Bonchev–Trinajstić information content (AvgIpc) is 2.73. The van der Waals surface area contributed by atoms with Crippen LogP contribution in [0, 0.1) is 0 Å². The van der Waals surface area contributed by atoms with Crippen molar-refractivity contribution in [2.75, 3.05) is 0 Å². The van der Waals surface area contributed by atoms with Gasteiger partial charge in [-0.05, 0) is 30.2 Å². The predicted molar refractivity (Wildman–Crippen MR) is 71.3 cm³/mol. The van der Waals surface area contributed by atoms with E-state index in [9.17, 15) is 5.11 Å². The molecule has 17 heavy (non-hydrogen) atoms. The number of aliphatic hydroxyl groups excluding tert-OH is 1. The van der Waals surface area contributed by atoms with Crippen molar-refractivity contribution in [2.24, 2.45) is 0 Å². The molecule has 1 aromatic heterocycles. The molecule has 0 atom stereocenters. The minimum Gasteiger partial charge on any atom is -0.390 e. The molecule has 0 bridgehead atoms. The van der Waals surface area contributed by atoms with Gasteiger partial charge in [0.25, 0.3) is 0 Å². The number of hydrogen-bond acceptors (Lipinski definition) is 2. The largest absolute Gasteiger partial charge is 0.390 e. The minimum atomic E-state index is -0.0271. The highest BCUT2D eigenvalue weighted by molar-refractivity contribution is 9.10. The molecular weight excluding hydrogens is 280 g/mol. The van der Waals surface area contributed by atoms with E-state index in [1.54, 1.807) is 0 Å². The molecule has 2 aromatic rings. The average molecular weight is 295 g/mol. The number of hydrogen-bond donors (Lipinski definition) is 1. The second-order valence-corrected chi connectivity index (χ2v) is 5.18. The first-order chi connectivity index (χ1) is 8.11. The van der Waals surface area contributed by atoms with Crippen LogP contribution in [0.3, 0.4) is 0 Å². The summed E-state index contributed by atoms with van der Waals surface area (Å²) in [5.74, 6) is 0.363. The monoisotopic (exact) mass is 294 g/mol. The van der Waals surface area contributed by atoms with Crippen LogP contribution in [0.5, 0.6) is 0 Å². The lowest BCUT2D eigenvalue weighted by atomic mass is 10.1. The molecule has 0 aliphatic rings. The zero-order chi connectivity index (χ0) is 12.4. The third kappa shape index (κ3) is 2.58. The van der Waals surface area contributed by atoms with Gasteiger partial charge in [-0.15, -0.1) is 0 Å². The van der Waals surface area contributed by atoms with Gasteiger partial charge in [0.2, 0.25) is 0 Å². The van der Waals surface area contributed by atoms with Crippen LogP contribution in [0.2, 0.25) is 0 Å². The highest BCUT2D eigenvalue weighted by atomic mass is 79.9. The van der Waals surface area contributed by atoms with Gasteiger partial charge in [0.1, 0.15) is 0 Å². The highest BCUT2D eigenvalue weighted by Crippen LogP contribution is 2.22. The van der Waals surface area contributed by atoms with Crippen molar-refractivity contribution in [3.8, 4) is 5.69 Å². The summed E-state index contributed by atoms with van der Waals surface area (Å²) in [4.78, 5) is 0. The lowest BCUT2D eigenvalue weighted by Gasteiger charge is -2.10. The van der Waals surface area contributed by atoms with Crippen molar-refractivity contribution in [2.45, 2.75) is 26.4 Å². The van der Waals surface area contributed by atoms with Crippen LogP contribution in [0.15, 0.2) is 34.8 Å². The summed E-state index contributed by atoms with van der Waals surface area (Å²) in [7, 11) is 0. The van der Waals surface area contributed by atoms with Crippen LogP contribution >= 0.6 is 15.9 Å². The summed E-state index contributed by atoms with van der Waals surface area (Å²) >= 11 is 3.45. The summed E-state index contributed by atoms with van der Waals surface area (Å²) in [5.41, 5.74) is 2.81. The van der Waals surface area contributed by atoms with Crippen LogP contribution in [0.1, 0.15) is 31.2 Å². The number of nitrogens with zero attached hydrogens (tertiary/aromatic N) is 2. The third-order valence-corrected chi connectivity index (χ3v) is 3.09. The van der Waals surface area contributed by atoms with Gasteiger partial charge in [-0.1, -0.05) is 35.8 Å². The minimum absolute atomic E-state index is 0.0271. The van der Waals surface area contributed by atoms with E-state index in [4.69, 9.17) is 0 Å². The van der Waals surface area contributed by atoms with Crippen molar-refractivity contribution >= 4 is 15.9 Å². The molecule has 90 valence electrons. The Hall–Kier alpha value is -1.13. The lowest BCUT2D eigenvalue weighted by molar-refractivity contribution is 0.276. The Morgan fingerprint density at radius 3 is 2.71 bits per heavy atom. The van der Waals surface area contributed by atoms with Gasteiger partial charge in [-0.2, -0.15) is 5.10 Å². The first kappa shape index (κ1) is 12.3. The molecule has 0 radical (unpaired) electrons. The second-order valence-electron chi connectivity index (χ2n) is 4.27. The highest BCUT2D eigenvalue weighted by Gasteiger charge is 2.12. The van der Waals surface area contributed by atoms with E-state index in [2.05, 4.69) is 34.9 Å². The first-order valence-corrected chi connectivity index (χ1v) is 6.36. The van der Waals surface area contributed by atoms with E-state index in [-0.39, 0.29) is 6.61 Å². The van der Waals surface area contributed by atoms with E-state index in [0.717, 1.165) is 15.9 Å². The maximum atomic E-state index is 9.17. The van der Waals surface area contributed by atoms with Crippen molar-refractivity contribution in [1.82, 2.24) is 9.78 Å². The summed E-state index contributed by atoms with van der Waals surface area (Å²) in [6.07, 6.45) is 0. The molecule has 0 amide bonds. The van der Waals surface area contributed by atoms with Crippen LogP contribution in [-0.4, -0.2) is 14.9 Å². The van der Waals surface area contributed by atoms with Crippen molar-refractivity contribution in [1.29, 1.82) is 0 Å². The molecule has 0 spiro atoms. The molecule has 2 rings (SSSR count). The molecule has 4 heteroatoms. The standard InChI is InChI=1S/C13H15BrN2O/c1-9(2)13-7-11(8-17)15-16(13)12-5-3-4-10(14)6-12/h3-7,9,17H,8H2,1-2H3. The summed E-state index contributed by atoms with van der Waals surface area (Å²) in [6, 6.07) is 9.93. The number of benzene rings is 1. The predicted octanol–water partition coefficient (Wildman–Crippen LogP) is 3.25. The van der Waals surface area contributed by atoms with E-state index in [0.29, 0.717) is 11.6 Å². The molecule has 0 fully saturated rings. The van der Waals surface area contributed by atoms with Crippen molar-refractivity contribution in [3.05, 3.63) is 46.2 Å². The van der Waals surface area contributed by atoms with E-state index in [1.807, 2.05) is 35.0 Å². The molecule has 0 saturated carbocycles. The smallest absolute Gasteiger partial charge is 0.0886 e. The Morgan fingerprint density at radius 1 is 1.35 bits per heavy atom. The first-order valence-electron chi connectivity index (χ1n) is 5.57. The maximum absolute atomic E-state index is 9.17. The fourth-order valence-corrected chi connectivity index (χ4v) is 2.14. The molecular formula is C13H15BrN2O. The summed E-state index contributed by atoms with van der Waals surface area (Å²) in [6.45, 7) is 4.21. The topological polar surface area (TPSA) is 38.1 Å². The van der Waals surface area contributed by atoms with Gasteiger partial charge in [0.15, 0.2) is 0 Å². The van der Waals surface area contributed by atoms with Crippen LogP contribution in [0.4, 0.5) is 0 Å². The van der Waals surface area contributed by atoms with E-state index in [1.165, 1.54) is 0 Å². The SMILES string of the molecule is CC(C)c1cc(CO)nn1-c1cccc(Br)c1. The summed E-state index contributed by atoms with van der Waals surface area (Å²) < 4.78 is 2.91. The molecule has 0 aliphatic heterocycles. The number of rotatable bonds is 3. The fourth-order valence-electron chi connectivity index (χ4n) is 1.75. The normalized spacial score (nSPS) is 11.1. The Labute approximate surface area is 109 Å². The molecule has 1 N–H and O–H groups in total. The van der Waals surface area contributed by atoms with Crippen molar-refractivity contribution < 1.29 is 5.11 Å². The van der Waals surface area contributed by atoms with Crippen LogP contribution < -0.4 is 0 Å². The number of halogens is 1. The van der Waals surface area contributed by atoms with Gasteiger partial charge in [0, 0.05) is 10.2 Å². The third-order valence-electron chi connectivity index (χ3n) is 2.59. The Bertz CT molecular complexity index is 520. The summed E-state index contributed by atoms with van der Waals surface area (Å²) in [5, 5.41) is 13.6. The van der Waals surface area contributed by atoms with Crippen LogP contribution in [-0.2, 0) is 6.61 Å².